The Hall–Kier alpha value is -1.77. The number of methoxy groups -OCH3 is 2. The van der Waals surface area contributed by atoms with Crippen LogP contribution in [0.5, 0.6) is 0 Å². The van der Waals surface area contributed by atoms with Crippen LogP contribution in [0.15, 0.2) is 18.2 Å². The van der Waals surface area contributed by atoms with Crippen LogP contribution in [0.1, 0.15) is 64.4 Å². The highest BCUT2D eigenvalue weighted by Gasteiger charge is 2.43. The van der Waals surface area contributed by atoms with Gasteiger partial charge in [0, 0.05) is 51.9 Å². The molecule has 1 aromatic rings. The summed E-state index contributed by atoms with van der Waals surface area (Å²) in [6.07, 6.45) is 4.64. The van der Waals surface area contributed by atoms with Crippen molar-refractivity contribution in [2.45, 2.75) is 64.4 Å². The second-order valence-electron chi connectivity index (χ2n) is 10.2. The van der Waals surface area contributed by atoms with Gasteiger partial charge in [-0.2, -0.15) is 0 Å². The van der Waals surface area contributed by atoms with Gasteiger partial charge >= 0.3 is 6.03 Å². The number of hydrogen-bond donors (Lipinski definition) is 2. The first kappa shape index (κ1) is 28.5. The molecule has 2 N–H and O–H groups in total. The SMILES string of the molecule is COCCCC[C@@](O)(c1cccc(F)c1F)[C@@H]1CCCN(C(=O)NCCCC(C)(C)COC)C1. The van der Waals surface area contributed by atoms with E-state index in [2.05, 4.69) is 19.2 Å². The summed E-state index contributed by atoms with van der Waals surface area (Å²) in [7, 11) is 3.29. The third kappa shape index (κ3) is 7.89. The lowest BCUT2D eigenvalue weighted by Crippen LogP contribution is -2.51. The van der Waals surface area contributed by atoms with E-state index in [1.54, 1.807) is 19.1 Å². The van der Waals surface area contributed by atoms with Crippen LogP contribution in [-0.4, -0.2) is 63.1 Å². The van der Waals surface area contributed by atoms with E-state index in [9.17, 15) is 18.7 Å². The molecule has 8 heteroatoms. The Morgan fingerprint density at radius 2 is 1.94 bits per heavy atom. The fraction of sp³-hybridized carbons (Fsp3) is 0.731. The first-order valence-electron chi connectivity index (χ1n) is 12.3. The third-order valence-corrected chi connectivity index (χ3v) is 6.80. The number of aliphatic hydroxyl groups is 1. The molecule has 1 aliphatic rings. The van der Waals surface area contributed by atoms with Crippen molar-refractivity contribution in [1.82, 2.24) is 10.2 Å². The molecule has 194 valence electrons. The second-order valence-corrected chi connectivity index (χ2v) is 10.2. The summed E-state index contributed by atoms with van der Waals surface area (Å²) < 4.78 is 39.2. The van der Waals surface area contributed by atoms with Crippen LogP contribution in [0.3, 0.4) is 0 Å². The first-order valence-corrected chi connectivity index (χ1v) is 12.3. The van der Waals surface area contributed by atoms with Crippen molar-refractivity contribution in [3.05, 3.63) is 35.4 Å². The van der Waals surface area contributed by atoms with E-state index < -0.39 is 23.2 Å². The topological polar surface area (TPSA) is 71.0 Å². The number of carbonyl (C=O) groups is 1. The monoisotopic (exact) mass is 484 g/mol. The van der Waals surface area contributed by atoms with Crippen molar-refractivity contribution in [2.24, 2.45) is 11.3 Å². The van der Waals surface area contributed by atoms with Crippen molar-refractivity contribution in [1.29, 1.82) is 0 Å². The fourth-order valence-corrected chi connectivity index (χ4v) is 4.93. The molecule has 1 fully saturated rings. The quantitative estimate of drug-likeness (QED) is 0.393. The molecule has 1 saturated heterocycles. The summed E-state index contributed by atoms with van der Waals surface area (Å²) in [6.45, 7) is 6.86. The van der Waals surface area contributed by atoms with Crippen molar-refractivity contribution in [3.63, 3.8) is 0 Å². The van der Waals surface area contributed by atoms with E-state index >= 15 is 0 Å². The van der Waals surface area contributed by atoms with Gasteiger partial charge < -0.3 is 24.8 Å². The molecule has 34 heavy (non-hydrogen) atoms. The summed E-state index contributed by atoms with van der Waals surface area (Å²) in [6, 6.07) is 3.75. The Morgan fingerprint density at radius 3 is 2.65 bits per heavy atom. The number of piperidine rings is 1. The van der Waals surface area contributed by atoms with E-state index in [1.807, 2.05) is 0 Å². The lowest BCUT2D eigenvalue weighted by atomic mass is 9.74. The first-order chi connectivity index (χ1) is 16.1. The maximum atomic E-state index is 14.8. The molecule has 2 amide bonds. The minimum absolute atomic E-state index is 0.0300. The highest BCUT2D eigenvalue weighted by atomic mass is 19.2. The zero-order valence-electron chi connectivity index (χ0n) is 21.2. The number of halogens is 2. The van der Waals surface area contributed by atoms with Gasteiger partial charge in [-0.25, -0.2) is 13.6 Å². The minimum Gasteiger partial charge on any atom is -0.385 e. The second kappa shape index (κ2) is 13.4. The summed E-state index contributed by atoms with van der Waals surface area (Å²) in [5, 5.41) is 14.7. The number of nitrogens with one attached hydrogen (secondary N) is 1. The van der Waals surface area contributed by atoms with Gasteiger partial charge in [-0.1, -0.05) is 26.0 Å². The van der Waals surface area contributed by atoms with Crippen molar-refractivity contribution < 1.29 is 28.2 Å². The molecule has 0 spiro atoms. The molecule has 1 aromatic carbocycles. The van der Waals surface area contributed by atoms with E-state index in [1.165, 1.54) is 12.1 Å². The molecule has 2 rings (SSSR count). The number of rotatable bonds is 13. The lowest BCUT2D eigenvalue weighted by molar-refractivity contribution is -0.0590. The molecule has 0 saturated carbocycles. The molecule has 0 bridgehead atoms. The molecule has 2 atom stereocenters. The van der Waals surface area contributed by atoms with E-state index in [4.69, 9.17) is 9.47 Å². The minimum atomic E-state index is -1.57. The number of ether oxygens (including phenoxy) is 2. The Bertz CT molecular complexity index is 777. The van der Waals surface area contributed by atoms with Crippen LogP contribution >= 0.6 is 0 Å². The number of nitrogens with zero attached hydrogens (tertiary/aromatic N) is 1. The zero-order valence-corrected chi connectivity index (χ0v) is 21.2. The van der Waals surface area contributed by atoms with Gasteiger partial charge in [0.1, 0.15) is 0 Å². The van der Waals surface area contributed by atoms with Gasteiger partial charge in [0.05, 0.1) is 12.2 Å². The van der Waals surface area contributed by atoms with Gasteiger partial charge in [0.2, 0.25) is 0 Å². The zero-order chi connectivity index (χ0) is 25.2. The molecule has 1 aliphatic heterocycles. The van der Waals surface area contributed by atoms with Crippen LogP contribution in [0.2, 0.25) is 0 Å². The van der Waals surface area contributed by atoms with E-state index in [-0.39, 0.29) is 30.0 Å². The van der Waals surface area contributed by atoms with Crippen molar-refractivity contribution in [3.8, 4) is 0 Å². The number of hydrogen-bond acceptors (Lipinski definition) is 4. The largest absolute Gasteiger partial charge is 0.385 e. The number of unbranched alkanes of at least 4 members (excludes halogenated alkanes) is 1. The normalized spacial score (nSPS) is 18.6. The predicted molar refractivity (Wildman–Crippen MR) is 129 cm³/mol. The molecule has 0 aliphatic carbocycles. The highest BCUT2D eigenvalue weighted by molar-refractivity contribution is 5.74. The maximum Gasteiger partial charge on any atom is 0.317 e. The molecule has 1 heterocycles. The molecular weight excluding hydrogens is 442 g/mol. The van der Waals surface area contributed by atoms with Crippen LogP contribution in [-0.2, 0) is 15.1 Å². The Labute approximate surface area is 203 Å². The number of carbonyl (C=O) groups excluding carboxylic acids is 1. The van der Waals surface area contributed by atoms with Gasteiger partial charge in [0.15, 0.2) is 11.6 Å². The number of amides is 2. The van der Waals surface area contributed by atoms with Gasteiger partial charge in [0.25, 0.3) is 0 Å². The standard InChI is InChI=1S/C26H42F2N2O4/c1-25(2,19-34-4)13-9-15-29-24(31)30-16-8-10-20(18-30)26(32,14-5-6-17-33-3)21-11-7-12-22(27)23(21)28/h7,11-12,20,32H,5-6,8-10,13-19H2,1-4H3,(H,29,31)/t20-,26+/m1/s1. The number of urea groups is 1. The third-order valence-electron chi connectivity index (χ3n) is 6.80. The molecule has 0 unspecified atom stereocenters. The lowest BCUT2D eigenvalue weighted by Gasteiger charge is -2.43. The van der Waals surface area contributed by atoms with Crippen LogP contribution in [0.4, 0.5) is 13.6 Å². The summed E-state index contributed by atoms with van der Waals surface area (Å²) in [5.41, 5.74) is -1.55. The van der Waals surface area contributed by atoms with Crippen LogP contribution in [0.25, 0.3) is 0 Å². The van der Waals surface area contributed by atoms with Gasteiger partial charge in [-0.15, -0.1) is 0 Å². The Morgan fingerprint density at radius 1 is 1.18 bits per heavy atom. The maximum absolute atomic E-state index is 14.8. The smallest absolute Gasteiger partial charge is 0.317 e. The molecule has 0 aromatic heterocycles. The van der Waals surface area contributed by atoms with Gasteiger partial charge in [-0.3, -0.25) is 0 Å². The van der Waals surface area contributed by atoms with Crippen molar-refractivity contribution in [2.75, 3.05) is 47.1 Å². The Kier molecular flexibility index (Phi) is 11.2. The van der Waals surface area contributed by atoms with E-state index in [0.717, 1.165) is 18.9 Å². The van der Waals surface area contributed by atoms with Crippen LogP contribution in [0, 0.1) is 23.0 Å². The summed E-state index contributed by atoms with van der Waals surface area (Å²) in [5.74, 6) is -2.39. The van der Waals surface area contributed by atoms with E-state index in [0.29, 0.717) is 52.0 Å². The average Bonchev–Trinajstić information content (AvgIpc) is 2.81. The van der Waals surface area contributed by atoms with Gasteiger partial charge in [-0.05, 0) is 56.4 Å². The number of benzene rings is 1. The summed E-state index contributed by atoms with van der Waals surface area (Å²) in [4.78, 5) is 14.5. The summed E-state index contributed by atoms with van der Waals surface area (Å²) >= 11 is 0. The number of likely N-dealkylation sites (tertiary alicyclic amines) is 1. The predicted octanol–water partition coefficient (Wildman–Crippen LogP) is 4.84. The van der Waals surface area contributed by atoms with Crippen LogP contribution < -0.4 is 5.32 Å². The highest BCUT2D eigenvalue weighted by Crippen LogP contribution is 2.41. The molecule has 6 nitrogen and oxygen atoms in total. The molecule has 0 radical (unpaired) electrons. The Balaban J connectivity index is 2.06. The average molecular weight is 485 g/mol. The molecular formula is C26H42F2N2O4. The fourth-order valence-electron chi connectivity index (χ4n) is 4.93. The van der Waals surface area contributed by atoms with Crippen molar-refractivity contribution >= 4 is 6.03 Å².